The van der Waals surface area contributed by atoms with E-state index in [9.17, 15) is 18.0 Å². The molecule has 3 aromatic rings. The van der Waals surface area contributed by atoms with Crippen LogP contribution >= 0.6 is 11.7 Å². The summed E-state index contributed by atoms with van der Waals surface area (Å²) >= 11 is 1.02. The van der Waals surface area contributed by atoms with Crippen LogP contribution in [-0.2, 0) is 19.6 Å². The lowest BCUT2D eigenvalue weighted by molar-refractivity contribution is -0.119. The Hall–Kier alpha value is -2.89. The van der Waals surface area contributed by atoms with Crippen molar-refractivity contribution < 1.29 is 22.7 Å². The molecule has 0 radical (unpaired) electrons. The van der Waals surface area contributed by atoms with Gasteiger partial charge in [-0.2, -0.15) is 8.75 Å². The number of nitrogens with two attached hydrogens (primary N) is 1. The number of amides is 1. The van der Waals surface area contributed by atoms with Gasteiger partial charge in [-0.25, -0.2) is 18.4 Å². The van der Waals surface area contributed by atoms with Gasteiger partial charge < -0.3 is 10.1 Å². The number of aromatic nitrogens is 2. The summed E-state index contributed by atoms with van der Waals surface area (Å²) in [5, 5.41) is 7.71. The summed E-state index contributed by atoms with van der Waals surface area (Å²) in [4.78, 5) is 24.0. The van der Waals surface area contributed by atoms with Crippen LogP contribution < -0.4 is 10.5 Å². The highest BCUT2D eigenvalue weighted by Gasteiger charge is 2.17. The number of hydrogen-bond donors (Lipinski definition) is 2. The minimum absolute atomic E-state index is 0.0248. The zero-order chi connectivity index (χ0) is 19.6. The number of anilines is 1. The normalized spacial score (nSPS) is 11.3. The Labute approximate surface area is 158 Å². The molecule has 0 saturated carbocycles. The molecule has 0 atom stereocenters. The molecule has 0 bridgehead atoms. The van der Waals surface area contributed by atoms with E-state index in [1.807, 2.05) is 0 Å². The third kappa shape index (κ3) is 4.27. The molecule has 0 saturated heterocycles. The van der Waals surface area contributed by atoms with Crippen LogP contribution in [0.1, 0.15) is 15.9 Å². The quantitative estimate of drug-likeness (QED) is 0.611. The Bertz CT molecular complexity index is 1140. The molecule has 1 heterocycles. The van der Waals surface area contributed by atoms with E-state index >= 15 is 0 Å². The molecule has 0 spiro atoms. The minimum Gasteiger partial charge on any atom is -0.452 e. The van der Waals surface area contributed by atoms with Crippen LogP contribution in [0.5, 0.6) is 0 Å². The molecule has 2 aromatic carbocycles. The van der Waals surface area contributed by atoms with Gasteiger partial charge in [0.05, 0.1) is 27.9 Å². The molecule has 27 heavy (non-hydrogen) atoms. The molecule has 0 aliphatic rings. The third-order valence-electron chi connectivity index (χ3n) is 3.62. The van der Waals surface area contributed by atoms with Crippen LogP contribution in [-0.4, -0.2) is 35.6 Å². The molecule has 3 N–H and O–H groups in total. The Balaban J connectivity index is 1.67. The molecule has 1 aromatic heterocycles. The number of nitrogens with one attached hydrogen (secondary N) is 1. The number of ether oxygens (including phenoxy) is 1. The number of aryl methyl sites for hydroxylation is 1. The number of esters is 1. The van der Waals surface area contributed by atoms with Crippen molar-refractivity contribution in [2.45, 2.75) is 11.8 Å². The first-order chi connectivity index (χ1) is 12.8. The summed E-state index contributed by atoms with van der Waals surface area (Å²) < 4.78 is 36.2. The standard InChI is InChI=1S/C16H14N4O5S2/c1-9-5-6-10(7-13(9)27(17,23)24)16(22)25-8-14(21)18-11-3-2-4-12-15(11)20-26-19-12/h2-7H,8H2,1H3,(H,18,21)(H2,17,23,24). The predicted molar refractivity (Wildman–Crippen MR) is 98.9 cm³/mol. The van der Waals surface area contributed by atoms with E-state index in [0.29, 0.717) is 22.3 Å². The van der Waals surface area contributed by atoms with Crippen LogP contribution in [0.3, 0.4) is 0 Å². The number of carbonyl (C=O) groups excluding carboxylic acids is 2. The van der Waals surface area contributed by atoms with E-state index in [1.165, 1.54) is 12.1 Å². The summed E-state index contributed by atoms with van der Waals surface area (Å²) in [6.45, 7) is 1.00. The number of rotatable bonds is 5. The molecule has 1 amide bonds. The summed E-state index contributed by atoms with van der Waals surface area (Å²) in [5.74, 6) is -1.41. The molecule has 0 aliphatic heterocycles. The van der Waals surface area contributed by atoms with Gasteiger partial charge in [-0.15, -0.1) is 0 Å². The van der Waals surface area contributed by atoms with Crippen molar-refractivity contribution in [2.24, 2.45) is 5.14 Å². The fourth-order valence-corrected chi connectivity index (χ4v) is 3.70. The van der Waals surface area contributed by atoms with Gasteiger partial charge in [0, 0.05) is 0 Å². The summed E-state index contributed by atoms with van der Waals surface area (Å²) in [5.41, 5.74) is 2.01. The van der Waals surface area contributed by atoms with Crippen molar-refractivity contribution in [2.75, 3.05) is 11.9 Å². The van der Waals surface area contributed by atoms with Crippen LogP contribution in [0.2, 0.25) is 0 Å². The second-order valence-corrected chi connectivity index (χ2v) is 7.65. The highest BCUT2D eigenvalue weighted by Crippen LogP contribution is 2.21. The van der Waals surface area contributed by atoms with Gasteiger partial charge >= 0.3 is 5.97 Å². The average molecular weight is 406 g/mol. The topological polar surface area (TPSA) is 141 Å². The van der Waals surface area contributed by atoms with Crippen LogP contribution in [0.15, 0.2) is 41.3 Å². The van der Waals surface area contributed by atoms with Crippen LogP contribution in [0.25, 0.3) is 11.0 Å². The number of sulfonamides is 1. The molecule has 0 aliphatic carbocycles. The number of fused-ring (bicyclic) bond motifs is 1. The van der Waals surface area contributed by atoms with Gasteiger partial charge in [0.2, 0.25) is 10.0 Å². The van der Waals surface area contributed by atoms with Crippen LogP contribution in [0, 0.1) is 6.92 Å². The Kier molecular flexibility index (Phi) is 5.17. The maximum absolute atomic E-state index is 12.1. The number of nitrogens with zero attached hydrogens (tertiary/aromatic N) is 2. The molecule has 0 fully saturated rings. The van der Waals surface area contributed by atoms with Crippen molar-refractivity contribution in [1.29, 1.82) is 0 Å². The van der Waals surface area contributed by atoms with E-state index in [-0.39, 0.29) is 10.5 Å². The fourth-order valence-electron chi connectivity index (χ4n) is 2.34. The lowest BCUT2D eigenvalue weighted by Gasteiger charge is -2.09. The third-order valence-corrected chi connectivity index (χ3v) is 5.22. The lowest BCUT2D eigenvalue weighted by atomic mass is 10.1. The van der Waals surface area contributed by atoms with Crippen molar-refractivity contribution in [1.82, 2.24) is 8.75 Å². The predicted octanol–water partition coefficient (Wildman–Crippen LogP) is 1.44. The SMILES string of the molecule is Cc1ccc(C(=O)OCC(=O)Nc2cccc3nsnc23)cc1S(N)(=O)=O. The van der Waals surface area contributed by atoms with E-state index in [2.05, 4.69) is 14.1 Å². The van der Waals surface area contributed by atoms with Crippen LogP contribution in [0.4, 0.5) is 5.69 Å². The van der Waals surface area contributed by atoms with Crippen molar-refractivity contribution in [3.63, 3.8) is 0 Å². The zero-order valence-corrected chi connectivity index (χ0v) is 15.6. The van der Waals surface area contributed by atoms with Gasteiger partial charge in [-0.1, -0.05) is 12.1 Å². The number of benzene rings is 2. The Morgan fingerprint density at radius 2 is 2.00 bits per heavy atom. The molecule has 9 nitrogen and oxygen atoms in total. The molecule has 3 rings (SSSR count). The van der Waals surface area contributed by atoms with Gasteiger partial charge in [-0.3, -0.25) is 4.79 Å². The van der Waals surface area contributed by atoms with Crippen molar-refractivity contribution in [3.05, 3.63) is 47.5 Å². The smallest absolute Gasteiger partial charge is 0.338 e. The van der Waals surface area contributed by atoms with E-state index in [4.69, 9.17) is 9.88 Å². The second-order valence-electron chi connectivity index (χ2n) is 5.59. The summed E-state index contributed by atoms with van der Waals surface area (Å²) in [6.07, 6.45) is 0. The second kappa shape index (κ2) is 7.39. The largest absolute Gasteiger partial charge is 0.452 e. The van der Waals surface area contributed by atoms with E-state index in [1.54, 1.807) is 25.1 Å². The van der Waals surface area contributed by atoms with E-state index < -0.39 is 28.5 Å². The fraction of sp³-hybridized carbons (Fsp3) is 0.125. The van der Waals surface area contributed by atoms with Crippen molar-refractivity contribution >= 4 is 50.3 Å². The Morgan fingerprint density at radius 1 is 1.22 bits per heavy atom. The first kappa shape index (κ1) is 18.9. The monoisotopic (exact) mass is 406 g/mol. The zero-order valence-electron chi connectivity index (χ0n) is 14.0. The molecule has 11 heteroatoms. The first-order valence-corrected chi connectivity index (χ1v) is 9.85. The number of carbonyl (C=O) groups is 2. The van der Waals surface area contributed by atoms with E-state index in [0.717, 1.165) is 17.8 Å². The van der Waals surface area contributed by atoms with Gasteiger partial charge in [-0.05, 0) is 36.8 Å². The van der Waals surface area contributed by atoms with Gasteiger partial charge in [0.15, 0.2) is 6.61 Å². The van der Waals surface area contributed by atoms with Gasteiger partial charge in [0.1, 0.15) is 11.0 Å². The number of hydrogen-bond acceptors (Lipinski definition) is 8. The highest BCUT2D eigenvalue weighted by molar-refractivity contribution is 7.89. The maximum Gasteiger partial charge on any atom is 0.338 e. The minimum atomic E-state index is -3.98. The highest BCUT2D eigenvalue weighted by atomic mass is 32.2. The lowest BCUT2D eigenvalue weighted by Crippen LogP contribution is -2.21. The molecular weight excluding hydrogens is 392 g/mol. The summed E-state index contributed by atoms with van der Waals surface area (Å²) in [6, 6.07) is 9.08. The molecular formula is C16H14N4O5S2. The summed E-state index contributed by atoms with van der Waals surface area (Å²) in [7, 11) is -3.98. The average Bonchev–Trinajstić information content (AvgIpc) is 3.09. The van der Waals surface area contributed by atoms with Crippen molar-refractivity contribution in [3.8, 4) is 0 Å². The number of primary sulfonamides is 1. The molecule has 0 unspecified atom stereocenters. The van der Waals surface area contributed by atoms with Gasteiger partial charge in [0.25, 0.3) is 5.91 Å². The Morgan fingerprint density at radius 3 is 2.74 bits per heavy atom. The maximum atomic E-state index is 12.1. The first-order valence-electron chi connectivity index (χ1n) is 7.57. The molecule has 140 valence electrons.